The molecule has 0 radical (unpaired) electrons. The number of hydrogen-bond donors (Lipinski definition) is 2. The molecule has 5 nitrogen and oxygen atoms in total. The Hall–Kier alpha value is -3.34. The molecule has 0 aliphatic rings. The van der Waals surface area contributed by atoms with E-state index < -0.39 is 0 Å². The number of carbonyl (C=O) groups is 1. The second kappa shape index (κ2) is 9.04. The number of pyridine rings is 1. The van der Waals surface area contributed by atoms with Gasteiger partial charge >= 0.3 is 0 Å². The lowest BCUT2D eigenvalue weighted by atomic mass is 10.1. The third-order valence-corrected chi connectivity index (χ3v) is 4.72. The Balaban J connectivity index is 1.61. The van der Waals surface area contributed by atoms with Crippen LogP contribution in [0.1, 0.15) is 27.0 Å². The molecule has 0 unspecified atom stereocenters. The smallest absolute Gasteiger partial charge is 0.252 e. The topological polar surface area (TPSA) is 63.2 Å². The van der Waals surface area contributed by atoms with Crippen LogP contribution in [0.15, 0.2) is 60.9 Å². The van der Waals surface area contributed by atoms with E-state index in [0.717, 1.165) is 29.1 Å². The van der Waals surface area contributed by atoms with Gasteiger partial charge in [-0.05, 0) is 61.2 Å². The second-order valence-corrected chi connectivity index (χ2v) is 6.69. The molecule has 0 aliphatic carbocycles. The van der Waals surface area contributed by atoms with Crippen molar-refractivity contribution in [3.8, 4) is 5.75 Å². The first kappa shape index (κ1) is 19.4. The Morgan fingerprint density at radius 3 is 2.71 bits per heavy atom. The molecule has 0 aliphatic heterocycles. The summed E-state index contributed by atoms with van der Waals surface area (Å²) in [5, 5.41) is 6.30. The fraction of sp³-hybridized carbons (Fsp3) is 0.217. The standard InChI is InChI=1S/C23H25N3O2/c1-16-6-4-9-22(17(16)2)26-20-13-19(14-24-15-20)23(27)25-11-10-18-7-5-8-21(12-18)28-3/h4-9,12-15,26H,10-11H2,1-3H3,(H,25,27). The number of aromatic nitrogens is 1. The molecule has 0 saturated heterocycles. The van der Waals surface area contributed by atoms with Crippen LogP contribution in [0.5, 0.6) is 5.75 Å². The molecule has 2 N–H and O–H groups in total. The predicted octanol–water partition coefficient (Wildman–Crippen LogP) is 4.42. The van der Waals surface area contributed by atoms with E-state index in [1.54, 1.807) is 19.5 Å². The number of aryl methyl sites for hydroxylation is 1. The third kappa shape index (κ3) is 4.88. The third-order valence-electron chi connectivity index (χ3n) is 4.72. The monoisotopic (exact) mass is 375 g/mol. The SMILES string of the molecule is COc1cccc(CCNC(=O)c2cncc(Nc3cccc(C)c3C)c2)c1. The molecule has 1 amide bonds. The van der Waals surface area contributed by atoms with Crippen molar-refractivity contribution in [1.82, 2.24) is 10.3 Å². The van der Waals surface area contributed by atoms with Crippen LogP contribution < -0.4 is 15.4 Å². The molecule has 28 heavy (non-hydrogen) atoms. The normalized spacial score (nSPS) is 10.4. The first-order valence-electron chi connectivity index (χ1n) is 9.26. The fourth-order valence-electron chi connectivity index (χ4n) is 2.92. The van der Waals surface area contributed by atoms with E-state index in [2.05, 4.69) is 35.5 Å². The van der Waals surface area contributed by atoms with Crippen LogP contribution in [-0.4, -0.2) is 24.5 Å². The minimum atomic E-state index is -0.139. The average Bonchev–Trinajstić information content (AvgIpc) is 2.72. The fourth-order valence-corrected chi connectivity index (χ4v) is 2.92. The van der Waals surface area contributed by atoms with Crippen molar-refractivity contribution >= 4 is 17.3 Å². The van der Waals surface area contributed by atoms with Gasteiger partial charge in [-0.3, -0.25) is 9.78 Å². The van der Waals surface area contributed by atoms with Gasteiger partial charge in [-0.25, -0.2) is 0 Å². The molecule has 5 heteroatoms. The molecule has 1 aromatic heterocycles. The van der Waals surface area contributed by atoms with Gasteiger partial charge in [0.2, 0.25) is 0 Å². The molecular weight excluding hydrogens is 350 g/mol. The minimum absolute atomic E-state index is 0.139. The van der Waals surface area contributed by atoms with E-state index in [1.807, 2.05) is 42.5 Å². The maximum Gasteiger partial charge on any atom is 0.252 e. The summed E-state index contributed by atoms with van der Waals surface area (Å²) in [4.78, 5) is 16.7. The molecule has 0 fully saturated rings. The summed E-state index contributed by atoms with van der Waals surface area (Å²) in [6, 6.07) is 15.8. The van der Waals surface area contributed by atoms with E-state index in [4.69, 9.17) is 4.74 Å². The number of anilines is 2. The Morgan fingerprint density at radius 1 is 1.07 bits per heavy atom. The zero-order valence-electron chi connectivity index (χ0n) is 16.5. The van der Waals surface area contributed by atoms with Crippen LogP contribution >= 0.6 is 0 Å². The molecule has 2 aromatic carbocycles. The van der Waals surface area contributed by atoms with Crippen LogP contribution in [-0.2, 0) is 6.42 Å². The summed E-state index contributed by atoms with van der Waals surface area (Å²) in [6.07, 6.45) is 4.03. The highest BCUT2D eigenvalue weighted by molar-refractivity contribution is 5.94. The Labute approximate surface area is 165 Å². The van der Waals surface area contributed by atoms with Gasteiger partial charge in [0.05, 0.1) is 24.6 Å². The van der Waals surface area contributed by atoms with Crippen molar-refractivity contribution in [2.75, 3.05) is 19.0 Å². The highest BCUT2D eigenvalue weighted by Crippen LogP contribution is 2.22. The zero-order valence-corrected chi connectivity index (χ0v) is 16.5. The maximum atomic E-state index is 12.5. The molecule has 1 heterocycles. The molecule has 3 rings (SSSR count). The van der Waals surface area contributed by atoms with Crippen molar-refractivity contribution in [1.29, 1.82) is 0 Å². The van der Waals surface area contributed by atoms with E-state index >= 15 is 0 Å². The summed E-state index contributed by atoms with van der Waals surface area (Å²) < 4.78 is 5.23. The molecule has 0 atom stereocenters. The molecule has 0 bridgehead atoms. The lowest BCUT2D eigenvalue weighted by Gasteiger charge is -2.12. The first-order chi connectivity index (χ1) is 13.6. The number of nitrogens with one attached hydrogen (secondary N) is 2. The highest BCUT2D eigenvalue weighted by atomic mass is 16.5. The van der Waals surface area contributed by atoms with E-state index in [-0.39, 0.29) is 5.91 Å². The van der Waals surface area contributed by atoms with Crippen molar-refractivity contribution in [3.05, 3.63) is 83.2 Å². The Kier molecular flexibility index (Phi) is 6.27. The quantitative estimate of drug-likeness (QED) is 0.641. The van der Waals surface area contributed by atoms with Gasteiger partial charge in [-0.15, -0.1) is 0 Å². The number of nitrogens with zero attached hydrogens (tertiary/aromatic N) is 1. The van der Waals surface area contributed by atoms with Crippen LogP contribution in [0.3, 0.4) is 0 Å². The van der Waals surface area contributed by atoms with E-state index in [9.17, 15) is 4.79 Å². The van der Waals surface area contributed by atoms with E-state index in [0.29, 0.717) is 12.1 Å². The maximum absolute atomic E-state index is 12.5. The van der Waals surface area contributed by atoms with Crippen LogP contribution in [0, 0.1) is 13.8 Å². The van der Waals surface area contributed by atoms with Crippen LogP contribution in [0.4, 0.5) is 11.4 Å². The second-order valence-electron chi connectivity index (χ2n) is 6.69. The summed E-state index contributed by atoms with van der Waals surface area (Å²) in [5.41, 5.74) is 5.83. The number of hydrogen-bond acceptors (Lipinski definition) is 4. The van der Waals surface area contributed by atoms with Crippen LogP contribution in [0.25, 0.3) is 0 Å². The summed E-state index contributed by atoms with van der Waals surface area (Å²) in [6.45, 7) is 4.69. The van der Waals surface area contributed by atoms with Gasteiger partial charge in [0, 0.05) is 18.4 Å². The number of benzene rings is 2. The van der Waals surface area contributed by atoms with Crippen molar-refractivity contribution < 1.29 is 9.53 Å². The van der Waals surface area contributed by atoms with Crippen molar-refractivity contribution in [2.24, 2.45) is 0 Å². The zero-order chi connectivity index (χ0) is 19.9. The highest BCUT2D eigenvalue weighted by Gasteiger charge is 2.08. The summed E-state index contributed by atoms with van der Waals surface area (Å²) in [7, 11) is 1.65. The van der Waals surface area contributed by atoms with Gasteiger partial charge in [0.25, 0.3) is 5.91 Å². The first-order valence-corrected chi connectivity index (χ1v) is 9.26. The van der Waals surface area contributed by atoms with E-state index in [1.165, 1.54) is 11.1 Å². The lowest BCUT2D eigenvalue weighted by molar-refractivity contribution is 0.0954. The van der Waals surface area contributed by atoms with Gasteiger partial charge in [0.15, 0.2) is 0 Å². The molecular formula is C23H25N3O2. The molecule has 3 aromatic rings. The summed E-state index contributed by atoms with van der Waals surface area (Å²) >= 11 is 0. The number of rotatable bonds is 7. The number of methoxy groups -OCH3 is 1. The number of ether oxygens (including phenoxy) is 1. The Bertz CT molecular complexity index is 970. The van der Waals surface area contributed by atoms with Gasteiger partial charge in [-0.1, -0.05) is 24.3 Å². The van der Waals surface area contributed by atoms with Gasteiger partial charge in [-0.2, -0.15) is 0 Å². The van der Waals surface area contributed by atoms with Crippen molar-refractivity contribution in [2.45, 2.75) is 20.3 Å². The molecule has 0 saturated carbocycles. The average molecular weight is 375 g/mol. The Morgan fingerprint density at radius 2 is 1.89 bits per heavy atom. The number of amides is 1. The molecule has 144 valence electrons. The largest absolute Gasteiger partial charge is 0.497 e. The van der Waals surface area contributed by atoms with Crippen molar-refractivity contribution in [3.63, 3.8) is 0 Å². The van der Waals surface area contributed by atoms with Gasteiger partial charge < -0.3 is 15.4 Å². The van der Waals surface area contributed by atoms with Crippen LogP contribution in [0.2, 0.25) is 0 Å². The lowest BCUT2D eigenvalue weighted by Crippen LogP contribution is -2.25. The number of carbonyl (C=O) groups excluding carboxylic acids is 1. The minimum Gasteiger partial charge on any atom is -0.497 e. The van der Waals surface area contributed by atoms with Gasteiger partial charge in [0.1, 0.15) is 5.75 Å². The predicted molar refractivity (Wildman–Crippen MR) is 112 cm³/mol. The molecule has 0 spiro atoms. The summed E-state index contributed by atoms with van der Waals surface area (Å²) in [5.74, 6) is 0.679.